The lowest BCUT2D eigenvalue weighted by molar-refractivity contribution is -0.143. The van der Waals surface area contributed by atoms with Gasteiger partial charge in [-0.2, -0.15) is 5.10 Å². The summed E-state index contributed by atoms with van der Waals surface area (Å²) in [7, 11) is 1.55. The van der Waals surface area contributed by atoms with Crippen LogP contribution in [0, 0.1) is 6.92 Å². The zero-order valence-corrected chi connectivity index (χ0v) is 14.6. The Labute approximate surface area is 146 Å². The van der Waals surface area contributed by atoms with Gasteiger partial charge < -0.3 is 19.9 Å². The van der Waals surface area contributed by atoms with Crippen molar-refractivity contribution in [3.05, 3.63) is 35.7 Å². The van der Waals surface area contributed by atoms with E-state index in [2.05, 4.69) is 10.1 Å². The second kappa shape index (κ2) is 8.72. The standard InChI is InChI=1S/C17H22N4O4/c1-4-24-16(22)7-8-25-15-9-13(5-6-14(15)23-3)10-19-21-11-12(2)20-17(21)18/h5-6,9-11H,4,7-8H2,1-3H3,(H2,18,20). The number of nitrogens with two attached hydrogens (primary N) is 1. The van der Waals surface area contributed by atoms with E-state index < -0.39 is 0 Å². The number of ether oxygens (including phenoxy) is 3. The number of hydrogen-bond acceptors (Lipinski definition) is 7. The second-order valence-electron chi connectivity index (χ2n) is 5.14. The van der Waals surface area contributed by atoms with Gasteiger partial charge in [-0.3, -0.25) is 4.79 Å². The summed E-state index contributed by atoms with van der Waals surface area (Å²) in [5, 5.41) is 4.26. The third kappa shape index (κ3) is 5.23. The Balaban J connectivity index is 2.08. The lowest BCUT2D eigenvalue weighted by Gasteiger charge is -2.11. The summed E-state index contributed by atoms with van der Waals surface area (Å²) in [6.45, 7) is 4.15. The van der Waals surface area contributed by atoms with Crippen molar-refractivity contribution in [2.75, 3.05) is 26.1 Å². The van der Waals surface area contributed by atoms with Crippen molar-refractivity contribution < 1.29 is 19.0 Å². The number of carbonyl (C=O) groups excluding carboxylic acids is 1. The molecule has 0 aliphatic heterocycles. The molecule has 1 aromatic heterocycles. The molecule has 0 atom stereocenters. The predicted octanol–water partition coefficient (Wildman–Crippen LogP) is 2.00. The molecule has 0 aliphatic rings. The van der Waals surface area contributed by atoms with E-state index in [0.717, 1.165) is 11.3 Å². The van der Waals surface area contributed by atoms with Crippen LogP contribution in [0.3, 0.4) is 0 Å². The van der Waals surface area contributed by atoms with E-state index in [4.69, 9.17) is 19.9 Å². The highest BCUT2D eigenvalue weighted by Gasteiger charge is 2.08. The van der Waals surface area contributed by atoms with Crippen LogP contribution in [-0.4, -0.2) is 42.2 Å². The molecule has 0 bridgehead atoms. The highest BCUT2D eigenvalue weighted by Crippen LogP contribution is 2.27. The van der Waals surface area contributed by atoms with Gasteiger partial charge in [0, 0.05) is 0 Å². The van der Waals surface area contributed by atoms with Gasteiger partial charge in [0.15, 0.2) is 11.5 Å². The summed E-state index contributed by atoms with van der Waals surface area (Å²) >= 11 is 0. The van der Waals surface area contributed by atoms with E-state index in [1.807, 2.05) is 13.0 Å². The van der Waals surface area contributed by atoms with Gasteiger partial charge in [-0.25, -0.2) is 9.66 Å². The van der Waals surface area contributed by atoms with E-state index in [9.17, 15) is 4.79 Å². The lowest BCUT2D eigenvalue weighted by atomic mass is 10.2. The Morgan fingerprint density at radius 1 is 1.40 bits per heavy atom. The van der Waals surface area contributed by atoms with Crippen molar-refractivity contribution in [2.45, 2.75) is 20.3 Å². The van der Waals surface area contributed by atoms with Gasteiger partial charge in [-0.1, -0.05) is 0 Å². The summed E-state index contributed by atoms with van der Waals surface area (Å²) < 4.78 is 17.3. The maximum Gasteiger partial charge on any atom is 0.309 e. The largest absolute Gasteiger partial charge is 0.493 e. The van der Waals surface area contributed by atoms with Crippen molar-refractivity contribution >= 4 is 18.1 Å². The van der Waals surface area contributed by atoms with Crippen molar-refractivity contribution in [1.29, 1.82) is 0 Å². The van der Waals surface area contributed by atoms with Gasteiger partial charge >= 0.3 is 5.97 Å². The van der Waals surface area contributed by atoms with Crippen molar-refractivity contribution in [3.63, 3.8) is 0 Å². The molecule has 2 N–H and O–H groups in total. The van der Waals surface area contributed by atoms with Crippen LogP contribution < -0.4 is 15.2 Å². The smallest absolute Gasteiger partial charge is 0.309 e. The van der Waals surface area contributed by atoms with E-state index >= 15 is 0 Å². The molecule has 2 aromatic rings. The first-order valence-electron chi connectivity index (χ1n) is 7.85. The van der Waals surface area contributed by atoms with Crippen LogP contribution in [0.15, 0.2) is 29.5 Å². The number of carbonyl (C=O) groups is 1. The molecule has 0 aliphatic carbocycles. The summed E-state index contributed by atoms with van der Waals surface area (Å²) in [6.07, 6.45) is 3.53. The summed E-state index contributed by atoms with van der Waals surface area (Å²) in [4.78, 5) is 15.5. The number of anilines is 1. The summed E-state index contributed by atoms with van der Waals surface area (Å²) in [5.41, 5.74) is 7.32. The zero-order chi connectivity index (χ0) is 18.2. The predicted molar refractivity (Wildman–Crippen MR) is 94.1 cm³/mol. The minimum absolute atomic E-state index is 0.167. The maximum absolute atomic E-state index is 11.4. The SMILES string of the molecule is CCOC(=O)CCOc1cc(C=Nn2cc(C)nc2N)ccc1OC. The minimum Gasteiger partial charge on any atom is -0.493 e. The third-order valence-electron chi connectivity index (χ3n) is 3.22. The van der Waals surface area contributed by atoms with Crippen molar-refractivity contribution in [2.24, 2.45) is 5.10 Å². The first-order valence-corrected chi connectivity index (χ1v) is 7.85. The maximum atomic E-state index is 11.4. The molecule has 0 saturated carbocycles. The average Bonchev–Trinajstić information content (AvgIpc) is 2.91. The van der Waals surface area contributed by atoms with Gasteiger partial charge in [0.05, 0.1) is 44.8 Å². The molecule has 0 radical (unpaired) electrons. The molecule has 0 fully saturated rings. The normalized spacial score (nSPS) is 10.8. The molecule has 0 saturated heterocycles. The zero-order valence-electron chi connectivity index (χ0n) is 14.6. The molecular formula is C17H22N4O4. The van der Waals surface area contributed by atoms with E-state index in [0.29, 0.717) is 24.1 Å². The number of aryl methyl sites for hydroxylation is 1. The van der Waals surface area contributed by atoms with Crippen LogP contribution in [0.2, 0.25) is 0 Å². The molecule has 8 nitrogen and oxygen atoms in total. The summed E-state index contributed by atoms with van der Waals surface area (Å²) in [5.74, 6) is 1.10. The number of esters is 1. The molecule has 8 heteroatoms. The fourth-order valence-electron chi connectivity index (χ4n) is 2.09. The van der Waals surface area contributed by atoms with Crippen LogP contribution in [-0.2, 0) is 9.53 Å². The minimum atomic E-state index is -0.301. The number of methoxy groups -OCH3 is 1. The highest BCUT2D eigenvalue weighted by molar-refractivity contribution is 5.81. The van der Waals surface area contributed by atoms with Crippen molar-refractivity contribution in [3.8, 4) is 11.5 Å². The Bertz CT molecular complexity index is 755. The van der Waals surface area contributed by atoms with Crippen LogP contribution >= 0.6 is 0 Å². The molecule has 0 unspecified atom stereocenters. The lowest BCUT2D eigenvalue weighted by Crippen LogP contribution is -2.10. The molecule has 134 valence electrons. The second-order valence-corrected chi connectivity index (χ2v) is 5.14. The molecule has 25 heavy (non-hydrogen) atoms. The topological polar surface area (TPSA) is 101 Å². The third-order valence-corrected chi connectivity index (χ3v) is 3.22. The summed E-state index contributed by atoms with van der Waals surface area (Å²) in [6, 6.07) is 5.37. The molecule has 2 rings (SSSR count). The van der Waals surface area contributed by atoms with Crippen molar-refractivity contribution in [1.82, 2.24) is 9.66 Å². The van der Waals surface area contributed by atoms with Gasteiger partial charge in [-0.05, 0) is 37.6 Å². The average molecular weight is 346 g/mol. The van der Waals surface area contributed by atoms with Gasteiger partial charge in [0.1, 0.15) is 0 Å². The molecule has 0 amide bonds. The number of nitrogens with zero attached hydrogens (tertiary/aromatic N) is 3. The fraction of sp³-hybridized carbons (Fsp3) is 0.353. The van der Waals surface area contributed by atoms with E-state index in [1.165, 1.54) is 4.68 Å². The number of hydrogen-bond donors (Lipinski definition) is 1. The first-order chi connectivity index (χ1) is 12.0. The van der Waals surface area contributed by atoms with Gasteiger partial charge in [0.2, 0.25) is 5.95 Å². The molecule has 1 aromatic carbocycles. The van der Waals surface area contributed by atoms with Gasteiger partial charge in [-0.15, -0.1) is 0 Å². The van der Waals surface area contributed by atoms with Crippen LogP contribution in [0.5, 0.6) is 11.5 Å². The Kier molecular flexibility index (Phi) is 6.39. The highest BCUT2D eigenvalue weighted by atomic mass is 16.5. The van der Waals surface area contributed by atoms with Crippen LogP contribution in [0.1, 0.15) is 24.6 Å². The first kappa shape index (κ1) is 18.3. The Hall–Kier alpha value is -3.03. The van der Waals surface area contributed by atoms with E-state index in [-0.39, 0.29) is 19.0 Å². The Morgan fingerprint density at radius 2 is 2.20 bits per heavy atom. The van der Waals surface area contributed by atoms with Gasteiger partial charge in [0.25, 0.3) is 0 Å². The fourth-order valence-corrected chi connectivity index (χ4v) is 2.09. The molecule has 1 heterocycles. The monoisotopic (exact) mass is 346 g/mol. The van der Waals surface area contributed by atoms with Crippen LogP contribution in [0.4, 0.5) is 5.95 Å². The Morgan fingerprint density at radius 3 is 2.84 bits per heavy atom. The number of benzene rings is 1. The number of imidazole rings is 1. The van der Waals surface area contributed by atoms with Crippen LogP contribution in [0.25, 0.3) is 0 Å². The quantitative estimate of drug-likeness (QED) is 0.579. The number of aromatic nitrogens is 2. The molecular weight excluding hydrogens is 324 g/mol. The number of rotatable bonds is 8. The number of nitrogen functional groups attached to an aromatic ring is 1. The van der Waals surface area contributed by atoms with E-state index in [1.54, 1.807) is 38.6 Å². The molecule has 0 spiro atoms.